The van der Waals surface area contributed by atoms with Gasteiger partial charge >= 0.3 is 11.9 Å². The van der Waals surface area contributed by atoms with Crippen molar-refractivity contribution >= 4 is 17.6 Å². The van der Waals surface area contributed by atoms with Gasteiger partial charge in [-0.25, -0.2) is 0 Å². The van der Waals surface area contributed by atoms with Crippen LogP contribution in [0.2, 0.25) is 0 Å². The Morgan fingerprint density at radius 1 is 0.865 bits per heavy atom. The lowest BCUT2D eigenvalue weighted by Crippen LogP contribution is -2.45. The maximum Gasteiger partial charge on any atom is 0.323 e. The molecule has 37 heavy (non-hydrogen) atoms. The number of anilines is 1. The number of carbonyl (C=O) groups is 2. The molecule has 0 bridgehead atoms. The third kappa shape index (κ3) is 5.47. The van der Waals surface area contributed by atoms with E-state index in [4.69, 9.17) is 4.74 Å². The molecule has 0 atom stereocenters. The summed E-state index contributed by atoms with van der Waals surface area (Å²) in [6.45, 7) is 6.98. The molecule has 0 amide bonds. The summed E-state index contributed by atoms with van der Waals surface area (Å²) in [6, 6.07) is 27.7. The van der Waals surface area contributed by atoms with Gasteiger partial charge in [0.25, 0.3) is 0 Å². The summed E-state index contributed by atoms with van der Waals surface area (Å²) >= 11 is 0. The number of para-hydroxylation sites is 1. The molecule has 5 heteroatoms. The van der Waals surface area contributed by atoms with Gasteiger partial charge in [0, 0.05) is 25.2 Å². The lowest BCUT2D eigenvalue weighted by Gasteiger charge is -2.43. The topological polar surface area (TPSA) is 66.8 Å². The first-order chi connectivity index (χ1) is 17.8. The zero-order valence-corrected chi connectivity index (χ0v) is 22.0. The van der Waals surface area contributed by atoms with Crippen LogP contribution < -0.4 is 4.90 Å². The van der Waals surface area contributed by atoms with Crippen molar-refractivity contribution in [3.63, 3.8) is 0 Å². The minimum atomic E-state index is -1.09. The van der Waals surface area contributed by atoms with Crippen LogP contribution in [0.5, 0.6) is 0 Å². The molecule has 1 heterocycles. The van der Waals surface area contributed by atoms with Crippen LogP contribution in [0.15, 0.2) is 84.9 Å². The highest BCUT2D eigenvalue weighted by Crippen LogP contribution is 2.43. The fourth-order valence-corrected chi connectivity index (χ4v) is 5.43. The lowest BCUT2D eigenvalue weighted by atomic mass is 9.72. The zero-order valence-electron chi connectivity index (χ0n) is 22.0. The van der Waals surface area contributed by atoms with E-state index in [1.165, 1.54) is 0 Å². The predicted octanol–water partition coefficient (Wildman–Crippen LogP) is 5.99. The highest BCUT2D eigenvalue weighted by Gasteiger charge is 2.42. The van der Waals surface area contributed by atoms with Gasteiger partial charge in [0.15, 0.2) is 0 Å². The van der Waals surface area contributed by atoms with Gasteiger partial charge in [-0.2, -0.15) is 0 Å². The van der Waals surface area contributed by atoms with Crippen molar-refractivity contribution in [3.8, 4) is 0 Å². The third-order valence-electron chi connectivity index (χ3n) is 7.60. The number of hydrogen-bond acceptors (Lipinski definition) is 5. The van der Waals surface area contributed by atoms with Crippen LogP contribution in [0.25, 0.3) is 0 Å². The van der Waals surface area contributed by atoms with Crippen molar-refractivity contribution in [2.45, 2.75) is 57.5 Å². The molecule has 3 aromatic carbocycles. The molecule has 0 saturated carbocycles. The summed E-state index contributed by atoms with van der Waals surface area (Å²) in [6.07, 6.45) is 2.43. The van der Waals surface area contributed by atoms with Gasteiger partial charge in [-0.1, -0.05) is 85.8 Å². The summed E-state index contributed by atoms with van der Waals surface area (Å²) in [5.74, 6) is -0.985. The normalized spacial score (nSPS) is 14.9. The number of nitrogens with zero attached hydrogens (tertiary/aromatic N) is 1. The molecule has 0 radical (unpaired) electrons. The Labute approximate surface area is 220 Å². The van der Waals surface area contributed by atoms with E-state index in [0.29, 0.717) is 6.42 Å². The van der Waals surface area contributed by atoms with Gasteiger partial charge < -0.3 is 14.7 Å². The first-order valence-corrected chi connectivity index (χ1v) is 13.2. The van der Waals surface area contributed by atoms with Crippen LogP contribution in [0.4, 0.5) is 5.69 Å². The van der Waals surface area contributed by atoms with E-state index < -0.39 is 23.0 Å². The minimum Gasteiger partial charge on any atom is -0.392 e. The summed E-state index contributed by atoms with van der Waals surface area (Å²) in [5.41, 5.74) is 1.54. The molecule has 0 aliphatic carbocycles. The summed E-state index contributed by atoms with van der Waals surface area (Å²) in [4.78, 5) is 27.3. The molecule has 1 N–H and O–H groups in total. The first-order valence-electron chi connectivity index (χ1n) is 13.2. The molecular formula is C32H37NO4. The Morgan fingerprint density at radius 2 is 1.38 bits per heavy atom. The first kappa shape index (κ1) is 26.6. The molecule has 1 saturated heterocycles. The van der Waals surface area contributed by atoms with E-state index in [2.05, 4.69) is 4.90 Å². The van der Waals surface area contributed by atoms with Gasteiger partial charge in [0.1, 0.15) is 5.60 Å². The Bertz CT molecular complexity index is 1160. The molecule has 0 unspecified atom stereocenters. The number of esters is 2. The maximum absolute atomic E-state index is 13.0. The molecule has 1 aliphatic rings. The average Bonchev–Trinajstić information content (AvgIpc) is 2.93. The average molecular weight is 500 g/mol. The molecule has 1 aliphatic heterocycles. The van der Waals surface area contributed by atoms with E-state index in [9.17, 15) is 14.7 Å². The Balaban J connectivity index is 1.57. The van der Waals surface area contributed by atoms with Crippen LogP contribution in [0, 0.1) is 5.92 Å². The Morgan fingerprint density at radius 3 is 1.92 bits per heavy atom. The van der Waals surface area contributed by atoms with E-state index in [1.807, 2.05) is 106 Å². The number of piperidine rings is 1. The number of carbonyl (C=O) groups excluding carboxylic acids is 2. The zero-order chi connectivity index (χ0) is 26.5. The number of hydrogen-bond donors (Lipinski definition) is 1. The van der Waals surface area contributed by atoms with E-state index in [1.54, 1.807) is 0 Å². The second-order valence-corrected chi connectivity index (χ2v) is 10.4. The number of benzene rings is 3. The van der Waals surface area contributed by atoms with E-state index >= 15 is 0 Å². The second-order valence-electron chi connectivity index (χ2n) is 10.4. The number of ether oxygens (including phenoxy) is 1. The van der Waals surface area contributed by atoms with Crippen LogP contribution in [-0.4, -0.2) is 30.1 Å². The van der Waals surface area contributed by atoms with Gasteiger partial charge in [-0.3, -0.25) is 9.59 Å². The Hall–Kier alpha value is -3.44. The maximum atomic E-state index is 13.0. The SMILES string of the molecule is CCCC(=O)OC(=O)C(C)(C)c1ccccc1N1CCC(C(O)(c2ccccc2)c2ccccc2)CC1. The molecule has 1 fully saturated rings. The van der Waals surface area contributed by atoms with E-state index in [0.717, 1.165) is 48.3 Å². The second kappa shape index (κ2) is 11.3. The number of aliphatic hydroxyl groups is 1. The van der Waals surface area contributed by atoms with Crippen molar-refractivity contribution in [2.24, 2.45) is 5.92 Å². The molecule has 4 rings (SSSR count). The highest BCUT2D eigenvalue weighted by molar-refractivity contribution is 5.93. The summed E-state index contributed by atoms with van der Waals surface area (Å²) in [5, 5.41) is 12.2. The minimum absolute atomic E-state index is 0.0327. The molecule has 194 valence electrons. The van der Waals surface area contributed by atoms with Gasteiger partial charge in [0.2, 0.25) is 0 Å². The van der Waals surface area contributed by atoms with Crippen molar-refractivity contribution in [1.29, 1.82) is 0 Å². The predicted molar refractivity (Wildman–Crippen MR) is 146 cm³/mol. The van der Waals surface area contributed by atoms with Crippen molar-refractivity contribution < 1.29 is 19.4 Å². The standard InChI is InChI=1S/C32H37NO4/c1-4-13-29(34)37-30(35)31(2,3)27-18-11-12-19-28(27)33-22-20-26(21-23-33)32(36,24-14-7-5-8-15-24)25-16-9-6-10-17-25/h5-12,14-19,26,36H,4,13,20-23H2,1-3H3. The van der Waals surface area contributed by atoms with Crippen molar-refractivity contribution in [2.75, 3.05) is 18.0 Å². The Kier molecular flexibility index (Phi) is 8.13. The van der Waals surface area contributed by atoms with Crippen LogP contribution in [0.1, 0.15) is 63.1 Å². The number of rotatable bonds is 8. The monoisotopic (exact) mass is 499 g/mol. The van der Waals surface area contributed by atoms with Crippen LogP contribution in [-0.2, 0) is 25.3 Å². The van der Waals surface area contributed by atoms with E-state index in [-0.39, 0.29) is 12.3 Å². The molecule has 0 aromatic heterocycles. The van der Waals surface area contributed by atoms with Crippen LogP contribution in [0.3, 0.4) is 0 Å². The lowest BCUT2D eigenvalue weighted by molar-refractivity contribution is -0.163. The van der Waals surface area contributed by atoms with Gasteiger partial charge in [-0.15, -0.1) is 0 Å². The molecular weight excluding hydrogens is 462 g/mol. The highest BCUT2D eigenvalue weighted by atomic mass is 16.6. The van der Waals surface area contributed by atoms with Gasteiger partial charge in [0.05, 0.1) is 5.41 Å². The molecule has 5 nitrogen and oxygen atoms in total. The quantitative estimate of drug-likeness (QED) is 0.305. The smallest absolute Gasteiger partial charge is 0.323 e. The molecule has 0 spiro atoms. The largest absolute Gasteiger partial charge is 0.392 e. The summed E-state index contributed by atoms with van der Waals surface area (Å²) in [7, 11) is 0. The summed E-state index contributed by atoms with van der Waals surface area (Å²) < 4.78 is 5.18. The fraction of sp³-hybridized carbons (Fsp3) is 0.375. The fourth-order valence-electron chi connectivity index (χ4n) is 5.43. The van der Waals surface area contributed by atoms with Crippen molar-refractivity contribution in [3.05, 3.63) is 102 Å². The van der Waals surface area contributed by atoms with Crippen LogP contribution >= 0.6 is 0 Å². The third-order valence-corrected chi connectivity index (χ3v) is 7.60. The van der Waals surface area contributed by atoms with Crippen molar-refractivity contribution in [1.82, 2.24) is 0 Å². The van der Waals surface area contributed by atoms with Gasteiger partial charge in [-0.05, 0) is 61.8 Å². The molecule has 3 aromatic rings.